The highest BCUT2D eigenvalue weighted by Gasteiger charge is 2.15. The maximum Gasteiger partial charge on any atom is 0.190 e. The van der Waals surface area contributed by atoms with Crippen molar-refractivity contribution in [3.63, 3.8) is 0 Å². The Bertz CT molecular complexity index is 375. The van der Waals surface area contributed by atoms with Gasteiger partial charge in [-0.15, -0.1) is 24.0 Å². The van der Waals surface area contributed by atoms with Gasteiger partial charge in [-0.2, -0.15) is 0 Å². The summed E-state index contributed by atoms with van der Waals surface area (Å²) in [5.41, 5.74) is 0. The lowest BCUT2D eigenvalue weighted by atomic mass is 10.1. The van der Waals surface area contributed by atoms with Crippen LogP contribution in [0.3, 0.4) is 0 Å². The molecule has 2 rings (SSSR count). The van der Waals surface area contributed by atoms with Gasteiger partial charge in [0.15, 0.2) is 5.96 Å². The van der Waals surface area contributed by atoms with Gasteiger partial charge >= 0.3 is 0 Å². The molecule has 0 saturated carbocycles. The van der Waals surface area contributed by atoms with Crippen molar-refractivity contribution in [1.29, 1.82) is 0 Å². The van der Waals surface area contributed by atoms with Gasteiger partial charge in [0.2, 0.25) is 0 Å². The Labute approximate surface area is 175 Å². The fraction of sp³-hybridized carbons (Fsp3) is 0.944. The van der Waals surface area contributed by atoms with E-state index in [-0.39, 0.29) is 24.0 Å². The van der Waals surface area contributed by atoms with Crippen LogP contribution in [0.4, 0.5) is 0 Å². The van der Waals surface area contributed by atoms with E-state index >= 15 is 0 Å². The molecule has 2 N–H and O–H groups in total. The normalized spacial score (nSPS) is 22.7. The topological polar surface area (TPSA) is 67.4 Å². The van der Waals surface area contributed by atoms with Crippen LogP contribution in [0, 0.1) is 11.8 Å². The van der Waals surface area contributed by atoms with Crippen molar-refractivity contribution in [2.75, 3.05) is 79.4 Å². The Morgan fingerprint density at radius 3 is 2.73 bits per heavy atom. The van der Waals surface area contributed by atoms with Gasteiger partial charge in [-0.3, -0.25) is 9.89 Å². The van der Waals surface area contributed by atoms with Crippen LogP contribution in [-0.4, -0.2) is 90.3 Å². The maximum atomic E-state index is 5.72. The maximum absolute atomic E-state index is 5.72. The highest BCUT2D eigenvalue weighted by Crippen LogP contribution is 2.12. The number of ether oxygens (including phenoxy) is 3. The molecule has 2 heterocycles. The van der Waals surface area contributed by atoms with E-state index < -0.39 is 0 Å². The molecule has 0 aromatic heterocycles. The molecule has 26 heavy (non-hydrogen) atoms. The van der Waals surface area contributed by atoms with Crippen molar-refractivity contribution in [3.05, 3.63) is 0 Å². The summed E-state index contributed by atoms with van der Waals surface area (Å²) >= 11 is 0. The lowest BCUT2D eigenvalue weighted by molar-refractivity contribution is 0.0320. The first-order chi connectivity index (χ1) is 12.3. The molecular formula is C18H37IN4O3. The van der Waals surface area contributed by atoms with Crippen LogP contribution in [0.5, 0.6) is 0 Å². The zero-order valence-corrected chi connectivity index (χ0v) is 18.7. The van der Waals surface area contributed by atoms with Gasteiger partial charge in [0.25, 0.3) is 0 Å². The number of rotatable bonds is 10. The van der Waals surface area contributed by atoms with E-state index in [0.717, 1.165) is 91.2 Å². The Morgan fingerprint density at radius 1 is 1.23 bits per heavy atom. The van der Waals surface area contributed by atoms with E-state index in [9.17, 15) is 0 Å². The van der Waals surface area contributed by atoms with Crippen LogP contribution in [0.1, 0.15) is 19.8 Å². The molecule has 0 amide bonds. The van der Waals surface area contributed by atoms with Crippen LogP contribution >= 0.6 is 24.0 Å². The minimum atomic E-state index is 0. The van der Waals surface area contributed by atoms with Gasteiger partial charge < -0.3 is 24.8 Å². The molecule has 8 heteroatoms. The third-order valence-electron chi connectivity index (χ3n) is 4.65. The van der Waals surface area contributed by atoms with Gasteiger partial charge in [-0.05, 0) is 18.8 Å². The summed E-state index contributed by atoms with van der Waals surface area (Å²) in [5, 5.41) is 6.78. The molecule has 0 aromatic rings. The quantitative estimate of drug-likeness (QED) is 0.210. The second-order valence-electron chi connectivity index (χ2n) is 7.06. The van der Waals surface area contributed by atoms with Gasteiger partial charge in [0.1, 0.15) is 0 Å². The van der Waals surface area contributed by atoms with Gasteiger partial charge in [-0.25, -0.2) is 0 Å². The molecule has 154 valence electrons. The largest absolute Gasteiger partial charge is 0.381 e. The fourth-order valence-corrected chi connectivity index (χ4v) is 3.13. The molecular weight excluding hydrogens is 447 g/mol. The summed E-state index contributed by atoms with van der Waals surface area (Å²) in [5.74, 6) is 2.04. The van der Waals surface area contributed by atoms with E-state index in [1.165, 1.54) is 0 Å². The number of hydrogen-bond donors (Lipinski definition) is 2. The summed E-state index contributed by atoms with van der Waals surface area (Å²) in [7, 11) is 1.82. The van der Waals surface area contributed by atoms with Crippen LogP contribution in [0.2, 0.25) is 0 Å². The molecule has 0 aliphatic carbocycles. The predicted octanol–water partition coefficient (Wildman–Crippen LogP) is 1.18. The van der Waals surface area contributed by atoms with Crippen molar-refractivity contribution in [1.82, 2.24) is 15.5 Å². The van der Waals surface area contributed by atoms with Crippen LogP contribution in [0.25, 0.3) is 0 Å². The molecule has 0 aromatic carbocycles. The first-order valence-corrected chi connectivity index (χ1v) is 9.68. The van der Waals surface area contributed by atoms with E-state index in [1.54, 1.807) is 0 Å². The van der Waals surface area contributed by atoms with Crippen LogP contribution < -0.4 is 10.6 Å². The molecule has 7 nitrogen and oxygen atoms in total. The van der Waals surface area contributed by atoms with Crippen molar-refractivity contribution < 1.29 is 14.2 Å². The summed E-state index contributed by atoms with van der Waals surface area (Å²) in [6.45, 7) is 12.3. The zero-order chi connectivity index (χ0) is 17.7. The van der Waals surface area contributed by atoms with E-state index in [2.05, 4.69) is 27.4 Å². The monoisotopic (exact) mass is 484 g/mol. The summed E-state index contributed by atoms with van der Waals surface area (Å²) in [6, 6.07) is 0. The summed E-state index contributed by atoms with van der Waals surface area (Å²) in [4.78, 5) is 6.76. The molecule has 0 spiro atoms. The molecule has 0 bridgehead atoms. The van der Waals surface area contributed by atoms with Gasteiger partial charge in [0, 0.05) is 58.9 Å². The molecule has 2 aliphatic rings. The number of nitrogens with zero attached hydrogens (tertiary/aromatic N) is 2. The Balaban J connectivity index is 0.00000338. The third kappa shape index (κ3) is 10.2. The first kappa shape index (κ1) is 23.9. The van der Waals surface area contributed by atoms with Crippen molar-refractivity contribution in [3.8, 4) is 0 Å². The van der Waals surface area contributed by atoms with Crippen LogP contribution in [-0.2, 0) is 14.2 Å². The first-order valence-electron chi connectivity index (χ1n) is 9.68. The zero-order valence-electron chi connectivity index (χ0n) is 16.4. The molecule has 2 fully saturated rings. The second-order valence-corrected chi connectivity index (χ2v) is 7.06. The molecule has 0 radical (unpaired) electrons. The van der Waals surface area contributed by atoms with E-state index in [1.807, 2.05) is 7.05 Å². The number of guanidine groups is 1. The molecule has 2 saturated heterocycles. The highest BCUT2D eigenvalue weighted by atomic mass is 127. The number of aliphatic imine (C=N–C) groups is 1. The molecule has 2 unspecified atom stereocenters. The highest BCUT2D eigenvalue weighted by molar-refractivity contribution is 14.0. The Hall–Kier alpha value is -0.160. The van der Waals surface area contributed by atoms with Crippen molar-refractivity contribution in [2.45, 2.75) is 19.8 Å². The Morgan fingerprint density at radius 2 is 2.04 bits per heavy atom. The van der Waals surface area contributed by atoms with Gasteiger partial charge in [-0.1, -0.05) is 6.92 Å². The average molecular weight is 484 g/mol. The minimum Gasteiger partial charge on any atom is -0.381 e. The number of morpholine rings is 1. The van der Waals surface area contributed by atoms with Gasteiger partial charge in [0.05, 0.1) is 26.4 Å². The average Bonchev–Trinajstić information content (AvgIpc) is 3.15. The second kappa shape index (κ2) is 14.8. The number of halogens is 1. The number of nitrogens with one attached hydrogen (secondary N) is 2. The fourth-order valence-electron chi connectivity index (χ4n) is 3.13. The van der Waals surface area contributed by atoms with Crippen LogP contribution in [0.15, 0.2) is 4.99 Å². The Kier molecular flexibility index (Phi) is 13.6. The van der Waals surface area contributed by atoms with E-state index in [0.29, 0.717) is 11.8 Å². The van der Waals surface area contributed by atoms with Crippen molar-refractivity contribution in [2.24, 2.45) is 16.8 Å². The van der Waals surface area contributed by atoms with Crippen molar-refractivity contribution >= 4 is 29.9 Å². The molecule has 2 aliphatic heterocycles. The lowest BCUT2D eigenvalue weighted by Gasteiger charge is -2.29. The standard InChI is InChI=1S/C18H36N4O3.HI/c1-16(13-22-6-10-23-11-7-22)12-21-18(19-2)20-5-3-8-24-14-17-4-9-25-15-17;/h16-17H,3-15H2,1-2H3,(H2,19,20,21);1H. The van der Waals surface area contributed by atoms with E-state index in [4.69, 9.17) is 14.2 Å². The third-order valence-corrected chi connectivity index (χ3v) is 4.65. The minimum absolute atomic E-state index is 0. The lowest BCUT2D eigenvalue weighted by Crippen LogP contribution is -2.44. The predicted molar refractivity (Wildman–Crippen MR) is 116 cm³/mol. The molecule has 2 atom stereocenters. The summed E-state index contributed by atoms with van der Waals surface area (Å²) in [6.07, 6.45) is 2.12. The smallest absolute Gasteiger partial charge is 0.190 e. The SMILES string of the molecule is CN=C(NCCCOCC1CCOC1)NCC(C)CN1CCOCC1.I. The number of hydrogen-bond acceptors (Lipinski definition) is 5. The summed E-state index contributed by atoms with van der Waals surface area (Å²) < 4.78 is 16.5.